The Morgan fingerprint density at radius 2 is 2.50 bits per heavy atom. The first-order valence-corrected chi connectivity index (χ1v) is 6.01. The molecule has 0 amide bonds. The number of piperidine rings is 1. The molecule has 1 atom stereocenters. The van der Waals surface area contributed by atoms with Gasteiger partial charge in [-0.1, -0.05) is 0 Å². The van der Waals surface area contributed by atoms with Crippen LogP contribution in [-0.2, 0) is 6.54 Å². The highest BCUT2D eigenvalue weighted by Crippen LogP contribution is 2.21. The van der Waals surface area contributed by atoms with Gasteiger partial charge in [-0.2, -0.15) is 0 Å². The molecule has 90 valence electrons. The molecule has 0 saturated carbocycles. The Morgan fingerprint density at radius 3 is 3.19 bits per heavy atom. The van der Waals surface area contributed by atoms with Gasteiger partial charge in [-0.25, -0.2) is 4.98 Å². The predicted octanol–water partition coefficient (Wildman–Crippen LogP) is 1.58. The first-order valence-electron chi connectivity index (χ1n) is 6.01. The highest BCUT2D eigenvalue weighted by atomic mass is 16.3. The van der Waals surface area contributed by atoms with E-state index in [-0.39, 0.29) is 0 Å². The van der Waals surface area contributed by atoms with Crippen LogP contribution in [0.25, 0.3) is 0 Å². The van der Waals surface area contributed by atoms with Gasteiger partial charge in [0.2, 0.25) is 0 Å². The van der Waals surface area contributed by atoms with E-state index in [2.05, 4.69) is 9.88 Å². The second-order valence-corrected chi connectivity index (χ2v) is 4.61. The number of nitrogens with zero attached hydrogens (tertiary/aromatic N) is 2. The Kier molecular flexibility index (Phi) is 3.96. The third-order valence-corrected chi connectivity index (χ3v) is 3.36. The van der Waals surface area contributed by atoms with Crippen LogP contribution in [0.15, 0.2) is 10.8 Å². The molecule has 4 nitrogen and oxygen atoms in total. The van der Waals surface area contributed by atoms with Crippen molar-refractivity contribution in [2.24, 2.45) is 5.92 Å². The second kappa shape index (κ2) is 5.46. The van der Waals surface area contributed by atoms with Crippen LogP contribution in [-0.4, -0.2) is 34.7 Å². The van der Waals surface area contributed by atoms with Crippen molar-refractivity contribution < 1.29 is 9.52 Å². The number of aryl methyl sites for hydroxylation is 1. The van der Waals surface area contributed by atoms with Crippen LogP contribution in [0.2, 0.25) is 0 Å². The maximum Gasteiger partial charge on any atom is 0.181 e. The van der Waals surface area contributed by atoms with E-state index in [4.69, 9.17) is 9.52 Å². The number of hydrogen-bond acceptors (Lipinski definition) is 4. The van der Waals surface area contributed by atoms with Crippen molar-refractivity contribution in [3.05, 3.63) is 17.8 Å². The van der Waals surface area contributed by atoms with Crippen LogP contribution < -0.4 is 0 Å². The number of hydrogen-bond donors (Lipinski definition) is 1. The Hall–Kier alpha value is -0.870. The summed E-state index contributed by atoms with van der Waals surface area (Å²) in [5.41, 5.74) is 1.05. The predicted molar refractivity (Wildman–Crippen MR) is 60.9 cm³/mol. The molecule has 2 rings (SSSR count). The van der Waals surface area contributed by atoms with Crippen molar-refractivity contribution in [3.63, 3.8) is 0 Å². The summed E-state index contributed by atoms with van der Waals surface area (Å²) < 4.78 is 5.20. The minimum Gasteiger partial charge on any atom is -0.448 e. The molecule has 16 heavy (non-hydrogen) atoms. The largest absolute Gasteiger partial charge is 0.448 e. The molecule has 4 heteroatoms. The molecule has 1 fully saturated rings. The molecule has 0 radical (unpaired) electrons. The Morgan fingerprint density at radius 1 is 1.62 bits per heavy atom. The summed E-state index contributed by atoms with van der Waals surface area (Å²) >= 11 is 0. The van der Waals surface area contributed by atoms with Crippen LogP contribution >= 0.6 is 0 Å². The molecule has 1 unspecified atom stereocenters. The van der Waals surface area contributed by atoms with E-state index in [9.17, 15) is 0 Å². The molecule has 1 N–H and O–H groups in total. The van der Waals surface area contributed by atoms with E-state index in [1.54, 1.807) is 0 Å². The van der Waals surface area contributed by atoms with Crippen molar-refractivity contribution in [1.82, 2.24) is 9.88 Å². The quantitative estimate of drug-likeness (QED) is 0.843. The standard InChI is InChI=1S/C12H20N2O2/c1-10-12(13-9-16-10)8-14-5-2-3-11(7-14)4-6-15/h9,11,15H,2-8H2,1H3. The molecule has 1 aromatic rings. The molecule has 2 heterocycles. The Bertz CT molecular complexity index is 323. The number of aromatic nitrogens is 1. The van der Waals surface area contributed by atoms with Gasteiger partial charge in [-0.05, 0) is 38.6 Å². The maximum absolute atomic E-state index is 8.96. The molecule has 1 aliphatic rings. The van der Waals surface area contributed by atoms with E-state index in [1.807, 2.05) is 6.92 Å². The van der Waals surface area contributed by atoms with Gasteiger partial charge >= 0.3 is 0 Å². The van der Waals surface area contributed by atoms with Gasteiger partial charge in [0.1, 0.15) is 5.76 Å². The number of aliphatic hydroxyl groups is 1. The van der Waals surface area contributed by atoms with Gasteiger partial charge in [0, 0.05) is 19.7 Å². The van der Waals surface area contributed by atoms with Crippen molar-refractivity contribution >= 4 is 0 Å². The van der Waals surface area contributed by atoms with Crippen LogP contribution in [0.4, 0.5) is 0 Å². The molecule has 0 spiro atoms. The summed E-state index contributed by atoms with van der Waals surface area (Å²) in [6.45, 7) is 5.35. The van der Waals surface area contributed by atoms with Gasteiger partial charge in [0.25, 0.3) is 0 Å². The molecule has 0 bridgehead atoms. The van der Waals surface area contributed by atoms with E-state index in [0.29, 0.717) is 12.5 Å². The molecule has 0 aromatic carbocycles. The molecule has 0 aliphatic carbocycles. The Balaban J connectivity index is 1.88. The SMILES string of the molecule is Cc1ocnc1CN1CCCC(CCO)C1. The molecule has 1 aliphatic heterocycles. The first-order chi connectivity index (χ1) is 7.79. The summed E-state index contributed by atoms with van der Waals surface area (Å²) in [5, 5.41) is 8.96. The lowest BCUT2D eigenvalue weighted by molar-refractivity contribution is 0.141. The summed E-state index contributed by atoms with van der Waals surface area (Å²) in [6.07, 6.45) is 4.91. The van der Waals surface area contributed by atoms with E-state index in [1.165, 1.54) is 19.2 Å². The normalized spacial score (nSPS) is 22.5. The minimum atomic E-state index is 0.307. The van der Waals surface area contributed by atoms with Gasteiger partial charge in [0.05, 0.1) is 5.69 Å². The monoisotopic (exact) mass is 224 g/mol. The zero-order valence-electron chi connectivity index (χ0n) is 9.85. The fraction of sp³-hybridized carbons (Fsp3) is 0.750. The third kappa shape index (κ3) is 2.83. The second-order valence-electron chi connectivity index (χ2n) is 4.61. The van der Waals surface area contributed by atoms with Gasteiger partial charge < -0.3 is 9.52 Å². The Labute approximate surface area is 96.3 Å². The molecule has 1 aromatic heterocycles. The number of likely N-dealkylation sites (tertiary alicyclic amines) is 1. The summed E-state index contributed by atoms with van der Waals surface area (Å²) in [6, 6.07) is 0. The third-order valence-electron chi connectivity index (χ3n) is 3.36. The zero-order valence-corrected chi connectivity index (χ0v) is 9.85. The molecular formula is C12H20N2O2. The number of aliphatic hydroxyl groups excluding tert-OH is 1. The lowest BCUT2D eigenvalue weighted by Gasteiger charge is -2.31. The van der Waals surface area contributed by atoms with Crippen LogP contribution in [0.3, 0.4) is 0 Å². The first kappa shape index (κ1) is 11.6. The van der Waals surface area contributed by atoms with E-state index in [0.717, 1.165) is 37.5 Å². The average molecular weight is 224 g/mol. The topological polar surface area (TPSA) is 49.5 Å². The van der Waals surface area contributed by atoms with Crippen LogP contribution in [0, 0.1) is 12.8 Å². The number of rotatable bonds is 4. The highest BCUT2D eigenvalue weighted by molar-refractivity contribution is 5.04. The van der Waals surface area contributed by atoms with Crippen molar-refractivity contribution in [3.8, 4) is 0 Å². The van der Waals surface area contributed by atoms with Crippen LogP contribution in [0.5, 0.6) is 0 Å². The maximum atomic E-state index is 8.96. The zero-order chi connectivity index (χ0) is 11.4. The van der Waals surface area contributed by atoms with Crippen LogP contribution in [0.1, 0.15) is 30.7 Å². The van der Waals surface area contributed by atoms with Crippen molar-refractivity contribution in [2.75, 3.05) is 19.7 Å². The molecular weight excluding hydrogens is 204 g/mol. The van der Waals surface area contributed by atoms with Gasteiger partial charge in [-0.3, -0.25) is 4.90 Å². The summed E-state index contributed by atoms with van der Waals surface area (Å²) in [4.78, 5) is 6.63. The number of oxazole rings is 1. The summed E-state index contributed by atoms with van der Waals surface area (Å²) in [7, 11) is 0. The minimum absolute atomic E-state index is 0.307. The fourth-order valence-electron chi connectivity index (χ4n) is 2.41. The highest BCUT2D eigenvalue weighted by Gasteiger charge is 2.20. The average Bonchev–Trinajstić information content (AvgIpc) is 2.66. The lowest BCUT2D eigenvalue weighted by Crippen LogP contribution is -2.35. The van der Waals surface area contributed by atoms with Gasteiger partial charge in [0.15, 0.2) is 6.39 Å². The fourth-order valence-corrected chi connectivity index (χ4v) is 2.41. The molecule has 1 saturated heterocycles. The van der Waals surface area contributed by atoms with E-state index < -0.39 is 0 Å². The van der Waals surface area contributed by atoms with Crippen molar-refractivity contribution in [2.45, 2.75) is 32.7 Å². The van der Waals surface area contributed by atoms with Gasteiger partial charge in [-0.15, -0.1) is 0 Å². The summed E-state index contributed by atoms with van der Waals surface area (Å²) in [5.74, 6) is 1.57. The smallest absolute Gasteiger partial charge is 0.181 e. The van der Waals surface area contributed by atoms with E-state index >= 15 is 0 Å². The lowest BCUT2D eigenvalue weighted by atomic mass is 9.95. The van der Waals surface area contributed by atoms with Crippen molar-refractivity contribution in [1.29, 1.82) is 0 Å².